The Balaban J connectivity index is 2.20. The van der Waals surface area contributed by atoms with Gasteiger partial charge >= 0.3 is 0 Å². The van der Waals surface area contributed by atoms with Crippen molar-refractivity contribution in [2.24, 2.45) is 5.92 Å². The predicted molar refractivity (Wildman–Crippen MR) is 90.3 cm³/mol. The molecule has 0 heterocycles. The molecule has 19 heavy (non-hydrogen) atoms. The van der Waals surface area contributed by atoms with E-state index in [0.29, 0.717) is 0 Å². The number of halogens is 2. The fourth-order valence-corrected chi connectivity index (χ4v) is 3.45. The highest BCUT2D eigenvalue weighted by atomic mass is 79.9. The number of nitrogens with one attached hydrogen (secondary N) is 1. The number of rotatable bonds is 4. The predicted octanol–water partition coefficient (Wildman–Crippen LogP) is 5.39. The van der Waals surface area contributed by atoms with Crippen molar-refractivity contribution >= 4 is 37.9 Å². The molecule has 0 saturated heterocycles. The van der Waals surface area contributed by atoms with E-state index in [2.05, 4.69) is 61.5 Å². The van der Waals surface area contributed by atoms with Crippen LogP contribution in [0, 0.1) is 5.92 Å². The van der Waals surface area contributed by atoms with Crippen molar-refractivity contribution in [3.63, 3.8) is 0 Å². The Kier molecular flexibility index (Phi) is 6.11. The summed E-state index contributed by atoms with van der Waals surface area (Å²) in [5, 5.41) is 3.32. The Morgan fingerprint density at radius 2 is 1.95 bits per heavy atom. The highest BCUT2D eigenvalue weighted by Gasteiger charge is 2.17. The summed E-state index contributed by atoms with van der Waals surface area (Å²) < 4.78 is 2.23. The smallest absolute Gasteiger partial charge is 0.0323 e. The molecule has 0 atom stereocenters. The molecule has 0 aromatic heterocycles. The van der Waals surface area contributed by atoms with Crippen LogP contribution < -0.4 is 5.32 Å². The van der Waals surface area contributed by atoms with E-state index in [4.69, 9.17) is 0 Å². The molecule has 1 aliphatic carbocycles. The topological polar surface area (TPSA) is 12.0 Å². The van der Waals surface area contributed by atoms with Crippen LogP contribution in [0.1, 0.15) is 37.7 Å². The van der Waals surface area contributed by atoms with E-state index in [-0.39, 0.29) is 0 Å². The molecular weight excluding hydrogens is 366 g/mol. The average Bonchev–Trinajstić information content (AvgIpc) is 2.43. The highest BCUT2D eigenvalue weighted by Crippen LogP contribution is 2.31. The van der Waals surface area contributed by atoms with Gasteiger partial charge in [-0.1, -0.05) is 37.0 Å². The molecule has 0 aliphatic heterocycles. The van der Waals surface area contributed by atoms with Gasteiger partial charge in [-0.05, 0) is 75.4 Å². The van der Waals surface area contributed by atoms with Gasteiger partial charge in [-0.3, -0.25) is 0 Å². The Hall–Kier alpha value is -0.120. The van der Waals surface area contributed by atoms with Crippen molar-refractivity contribution in [1.82, 2.24) is 5.32 Å². The third kappa shape index (κ3) is 4.44. The molecule has 104 valence electrons. The van der Waals surface area contributed by atoms with Crippen LogP contribution in [0.25, 0.3) is 6.08 Å². The normalized spacial score (nSPS) is 17.7. The molecule has 1 N–H and O–H groups in total. The fourth-order valence-electron chi connectivity index (χ4n) is 2.81. The molecule has 3 heteroatoms. The Labute approximate surface area is 133 Å². The quantitative estimate of drug-likeness (QED) is 0.730. The summed E-state index contributed by atoms with van der Waals surface area (Å²) in [5.74, 6) is 0.767. The first kappa shape index (κ1) is 15.3. The summed E-state index contributed by atoms with van der Waals surface area (Å²) in [5.41, 5.74) is 2.84. The van der Waals surface area contributed by atoms with Crippen molar-refractivity contribution in [3.05, 3.63) is 38.3 Å². The summed E-state index contributed by atoms with van der Waals surface area (Å²) in [7, 11) is 2.04. The SMILES string of the molecule is CNC/C(=C/c1ccc(Br)c(Br)c1)C1CCCCC1. The molecule has 1 aromatic carbocycles. The molecule has 1 nitrogen and oxygen atoms in total. The second-order valence-electron chi connectivity index (χ2n) is 5.26. The summed E-state index contributed by atoms with van der Waals surface area (Å²) >= 11 is 7.10. The minimum absolute atomic E-state index is 0.767. The first-order valence-corrected chi connectivity index (χ1v) is 8.59. The highest BCUT2D eigenvalue weighted by molar-refractivity contribution is 9.13. The monoisotopic (exact) mass is 385 g/mol. The minimum Gasteiger partial charge on any atom is -0.316 e. The Morgan fingerprint density at radius 1 is 1.21 bits per heavy atom. The summed E-state index contributed by atoms with van der Waals surface area (Å²) in [4.78, 5) is 0. The van der Waals surface area contributed by atoms with E-state index in [1.54, 1.807) is 5.57 Å². The van der Waals surface area contributed by atoms with Crippen molar-refractivity contribution < 1.29 is 0 Å². The molecule has 1 fully saturated rings. The average molecular weight is 387 g/mol. The number of hydrogen-bond acceptors (Lipinski definition) is 1. The van der Waals surface area contributed by atoms with Crippen molar-refractivity contribution in [2.45, 2.75) is 32.1 Å². The van der Waals surface area contributed by atoms with Crippen molar-refractivity contribution in [1.29, 1.82) is 0 Å². The van der Waals surface area contributed by atoms with Crippen molar-refractivity contribution in [2.75, 3.05) is 13.6 Å². The lowest BCUT2D eigenvalue weighted by molar-refractivity contribution is 0.398. The molecule has 1 aromatic rings. The third-order valence-electron chi connectivity index (χ3n) is 3.81. The molecule has 0 radical (unpaired) electrons. The van der Waals surface area contributed by atoms with E-state index in [9.17, 15) is 0 Å². The first-order chi connectivity index (χ1) is 9.20. The van der Waals surface area contributed by atoms with Crippen LogP contribution in [0.4, 0.5) is 0 Å². The van der Waals surface area contributed by atoms with Gasteiger partial charge in [0.2, 0.25) is 0 Å². The van der Waals surface area contributed by atoms with E-state index in [0.717, 1.165) is 21.4 Å². The summed E-state index contributed by atoms with van der Waals surface area (Å²) in [6.45, 7) is 0.998. The zero-order valence-electron chi connectivity index (χ0n) is 11.4. The standard InChI is InChI=1S/C16H21Br2N/c1-19-11-14(13-5-3-2-4-6-13)9-12-7-8-15(17)16(18)10-12/h7-10,13,19H,2-6,11H2,1H3/b14-9-. The maximum absolute atomic E-state index is 3.58. The molecule has 2 rings (SSSR count). The van der Waals surface area contributed by atoms with Gasteiger partial charge in [0.25, 0.3) is 0 Å². The van der Waals surface area contributed by atoms with E-state index in [1.165, 1.54) is 37.7 Å². The molecule has 0 amide bonds. The van der Waals surface area contributed by atoms with Gasteiger partial charge in [-0.2, -0.15) is 0 Å². The Morgan fingerprint density at radius 3 is 2.58 bits per heavy atom. The zero-order valence-corrected chi connectivity index (χ0v) is 14.6. The zero-order chi connectivity index (χ0) is 13.7. The number of likely N-dealkylation sites (N-methyl/N-ethyl adjacent to an activating group) is 1. The fraction of sp³-hybridized carbons (Fsp3) is 0.500. The summed E-state index contributed by atoms with van der Waals surface area (Å²) in [6, 6.07) is 6.46. The number of hydrogen-bond donors (Lipinski definition) is 1. The lowest BCUT2D eigenvalue weighted by atomic mass is 9.83. The van der Waals surface area contributed by atoms with Crippen LogP contribution in [0.5, 0.6) is 0 Å². The van der Waals surface area contributed by atoms with Gasteiger partial charge in [-0.15, -0.1) is 0 Å². The van der Waals surface area contributed by atoms with Crippen molar-refractivity contribution in [3.8, 4) is 0 Å². The van der Waals surface area contributed by atoms with E-state index < -0.39 is 0 Å². The lowest BCUT2D eigenvalue weighted by Gasteiger charge is -2.24. The molecule has 0 bridgehead atoms. The van der Waals surface area contributed by atoms with Crippen LogP contribution >= 0.6 is 31.9 Å². The number of benzene rings is 1. The second-order valence-corrected chi connectivity index (χ2v) is 6.97. The molecule has 0 unspecified atom stereocenters. The second kappa shape index (κ2) is 7.61. The minimum atomic E-state index is 0.767. The van der Waals surface area contributed by atoms with Crippen LogP contribution in [0.15, 0.2) is 32.7 Å². The van der Waals surface area contributed by atoms with Gasteiger partial charge in [0.1, 0.15) is 0 Å². The Bertz CT molecular complexity index is 448. The summed E-state index contributed by atoms with van der Waals surface area (Å²) in [6.07, 6.45) is 9.25. The maximum atomic E-state index is 3.58. The molecule has 0 spiro atoms. The van der Waals surface area contributed by atoms with Crippen LogP contribution in [0.2, 0.25) is 0 Å². The van der Waals surface area contributed by atoms with E-state index >= 15 is 0 Å². The lowest BCUT2D eigenvalue weighted by Crippen LogP contribution is -2.19. The van der Waals surface area contributed by atoms with E-state index in [1.807, 2.05) is 7.05 Å². The van der Waals surface area contributed by atoms with Gasteiger partial charge < -0.3 is 5.32 Å². The largest absolute Gasteiger partial charge is 0.316 e. The van der Waals surface area contributed by atoms with Crippen LogP contribution in [-0.4, -0.2) is 13.6 Å². The van der Waals surface area contributed by atoms with Gasteiger partial charge in [-0.25, -0.2) is 0 Å². The molecule has 1 aliphatic rings. The first-order valence-electron chi connectivity index (χ1n) is 7.01. The van der Waals surface area contributed by atoms with Crippen LogP contribution in [-0.2, 0) is 0 Å². The van der Waals surface area contributed by atoms with Gasteiger partial charge in [0.15, 0.2) is 0 Å². The third-order valence-corrected chi connectivity index (χ3v) is 5.69. The van der Waals surface area contributed by atoms with Gasteiger partial charge in [0, 0.05) is 15.5 Å². The van der Waals surface area contributed by atoms with Gasteiger partial charge in [0.05, 0.1) is 0 Å². The molecule has 1 saturated carbocycles. The molecular formula is C16H21Br2N. The maximum Gasteiger partial charge on any atom is 0.0323 e. The van der Waals surface area contributed by atoms with Crippen LogP contribution in [0.3, 0.4) is 0 Å².